The van der Waals surface area contributed by atoms with Gasteiger partial charge in [-0.3, -0.25) is 0 Å². The van der Waals surface area contributed by atoms with Crippen molar-refractivity contribution in [1.82, 2.24) is 9.55 Å². The summed E-state index contributed by atoms with van der Waals surface area (Å²) < 4.78 is 15.6. The molecule has 0 aliphatic heterocycles. The Morgan fingerprint density at radius 3 is 2.30 bits per heavy atom. The molecule has 1 aromatic heterocycles. The van der Waals surface area contributed by atoms with Gasteiger partial charge in [-0.25, -0.2) is 9.37 Å². The van der Waals surface area contributed by atoms with Crippen molar-refractivity contribution >= 4 is 11.0 Å². The zero-order valence-electron chi connectivity index (χ0n) is 13.2. The van der Waals surface area contributed by atoms with Gasteiger partial charge in [0.2, 0.25) is 0 Å². The number of hydrogen-bond acceptors (Lipinski definition) is 2. The maximum absolute atomic E-state index is 13.4. The molecular weight excluding hydrogens is 253 g/mol. The number of rotatable bonds is 3. The molecule has 2 N–H and O–H groups in total. The smallest absolute Gasteiger partial charge is 0.125 e. The van der Waals surface area contributed by atoms with E-state index < -0.39 is 5.54 Å². The van der Waals surface area contributed by atoms with Crippen molar-refractivity contribution in [1.29, 1.82) is 0 Å². The first-order valence-corrected chi connectivity index (χ1v) is 7.02. The molecule has 0 spiro atoms. The number of nitrogens with two attached hydrogens (primary N) is 1. The Kier molecular flexibility index (Phi) is 3.41. The number of benzene rings is 1. The molecule has 4 heteroatoms. The third-order valence-corrected chi connectivity index (χ3v) is 4.34. The second-order valence-corrected chi connectivity index (χ2v) is 6.88. The van der Waals surface area contributed by atoms with Gasteiger partial charge in [-0.1, -0.05) is 13.8 Å². The quantitative estimate of drug-likeness (QED) is 0.928. The first kappa shape index (κ1) is 15.0. The molecular formula is C16H24FN3. The lowest BCUT2D eigenvalue weighted by molar-refractivity contribution is 0.279. The molecule has 0 amide bonds. The lowest BCUT2D eigenvalue weighted by Crippen LogP contribution is -2.51. The van der Waals surface area contributed by atoms with E-state index in [9.17, 15) is 4.39 Å². The van der Waals surface area contributed by atoms with Crippen LogP contribution in [0.15, 0.2) is 18.2 Å². The van der Waals surface area contributed by atoms with Crippen molar-refractivity contribution in [3.05, 3.63) is 29.8 Å². The summed E-state index contributed by atoms with van der Waals surface area (Å²) >= 11 is 0. The van der Waals surface area contributed by atoms with Gasteiger partial charge < -0.3 is 10.3 Å². The number of aromatic nitrogens is 2. The Hall–Kier alpha value is -1.42. The van der Waals surface area contributed by atoms with Crippen molar-refractivity contribution in [2.45, 2.75) is 58.5 Å². The summed E-state index contributed by atoms with van der Waals surface area (Å²) in [7, 11) is 0. The molecule has 110 valence electrons. The van der Waals surface area contributed by atoms with Gasteiger partial charge in [0.25, 0.3) is 0 Å². The average molecular weight is 277 g/mol. The highest BCUT2D eigenvalue weighted by atomic mass is 19.1. The van der Waals surface area contributed by atoms with E-state index in [1.807, 2.05) is 13.8 Å². The van der Waals surface area contributed by atoms with Crippen LogP contribution in [0.25, 0.3) is 11.0 Å². The van der Waals surface area contributed by atoms with Crippen molar-refractivity contribution in [2.24, 2.45) is 5.73 Å². The Morgan fingerprint density at radius 2 is 1.80 bits per heavy atom. The molecule has 0 bridgehead atoms. The number of nitrogens with zero attached hydrogens (tertiary/aromatic N) is 2. The first-order chi connectivity index (χ1) is 9.05. The van der Waals surface area contributed by atoms with Gasteiger partial charge in [-0.2, -0.15) is 0 Å². The minimum Gasteiger partial charge on any atom is -0.325 e. The number of halogens is 1. The molecule has 0 fully saturated rings. The van der Waals surface area contributed by atoms with Gasteiger partial charge in [0.15, 0.2) is 0 Å². The molecule has 2 rings (SSSR count). The van der Waals surface area contributed by atoms with Crippen LogP contribution in [0.2, 0.25) is 0 Å². The standard InChI is InChI=1S/C16H24FN3/c1-10(2)20-13-8-7-11(17)9-12(13)19-14(20)15(3,4)16(5,6)18/h7-10H,18H2,1-6H3. The average Bonchev–Trinajstić information content (AvgIpc) is 2.66. The van der Waals surface area contributed by atoms with Crippen LogP contribution in [0, 0.1) is 5.82 Å². The molecule has 0 aliphatic carbocycles. The number of imidazole rings is 1. The summed E-state index contributed by atoms with van der Waals surface area (Å²) in [5.74, 6) is 0.642. The second kappa shape index (κ2) is 4.55. The number of fused-ring (bicyclic) bond motifs is 1. The topological polar surface area (TPSA) is 43.8 Å². The third-order valence-electron chi connectivity index (χ3n) is 4.34. The predicted octanol–water partition coefficient (Wildman–Crippen LogP) is 3.77. The predicted molar refractivity (Wildman–Crippen MR) is 81.4 cm³/mol. The first-order valence-electron chi connectivity index (χ1n) is 7.02. The maximum Gasteiger partial charge on any atom is 0.125 e. The van der Waals surface area contributed by atoms with Gasteiger partial charge in [-0.05, 0) is 39.8 Å². The van der Waals surface area contributed by atoms with Gasteiger partial charge in [0, 0.05) is 23.1 Å². The molecule has 0 saturated heterocycles. The summed E-state index contributed by atoms with van der Waals surface area (Å²) in [4.78, 5) is 4.68. The molecule has 0 aliphatic rings. The van der Waals surface area contributed by atoms with Crippen LogP contribution in [0.4, 0.5) is 4.39 Å². The monoisotopic (exact) mass is 277 g/mol. The summed E-state index contributed by atoms with van der Waals surface area (Å²) in [5.41, 5.74) is 7.22. The van der Waals surface area contributed by atoms with Crippen LogP contribution in [0.1, 0.15) is 53.4 Å². The van der Waals surface area contributed by atoms with Crippen molar-refractivity contribution in [2.75, 3.05) is 0 Å². The van der Waals surface area contributed by atoms with Crippen LogP contribution in [0.5, 0.6) is 0 Å². The largest absolute Gasteiger partial charge is 0.325 e. The fraction of sp³-hybridized carbons (Fsp3) is 0.562. The highest BCUT2D eigenvalue weighted by Crippen LogP contribution is 2.36. The fourth-order valence-corrected chi connectivity index (χ4v) is 2.32. The second-order valence-electron chi connectivity index (χ2n) is 6.88. The lowest BCUT2D eigenvalue weighted by atomic mass is 9.74. The van der Waals surface area contributed by atoms with Gasteiger partial charge >= 0.3 is 0 Å². The Balaban J connectivity index is 2.79. The minimum atomic E-state index is -0.431. The third kappa shape index (κ3) is 2.22. The summed E-state index contributed by atoms with van der Waals surface area (Å²) in [6.45, 7) is 12.4. The molecule has 0 radical (unpaired) electrons. The molecule has 20 heavy (non-hydrogen) atoms. The SMILES string of the molecule is CC(C)n1c(C(C)(C)C(C)(C)N)nc2cc(F)ccc21. The maximum atomic E-state index is 13.4. The van der Waals surface area contributed by atoms with Gasteiger partial charge in [0.1, 0.15) is 11.6 Å². The Bertz CT molecular complexity index is 633. The van der Waals surface area contributed by atoms with E-state index in [0.29, 0.717) is 5.52 Å². The highest BCUT2D eigenvalue weighted by Gasteiger charge is 2.39. The molecule has 0 atom stereocenters. The summed E-state index contributed by atoms with van der Waals surface area (Å²) in [6.07, 6.45) is 0. The number of hydrogen-bond donors (Lipinski definition) is 1. The zero-order chi connectivity index (χ0) is 15.3. The lowest BCUT2D eigenvalue weighted by Gasteiger charge is -2.38. The molecule has 1 heterocycles. The minimum absolute atomic E-state index is 0.238. The van der Waals surface area contributed by atoms with Crippen molar-refractivity contribution in [3.8, 4) is 0 Å². The molecule has 3 nitrogen and oxygen atoms in total. The summed E-state index contributed by atoms with van der Waals surface area (Å²) in [5, 5.41) is 0. The van der Waals surface area contributed by atoms with E-state index >= 15 is 0 Å². The van der Waals surface area contributed by atoms with Crippen molar-refractivity contribution in [3.63, 3.8) is 0 Å². The highest BCUT2D eigenvalue weighted by molar-refractivity contribution is 5.76. The zero-order valence-corrected chi connectivity index (χ0v) is 13.2. The van der Waals surface area contributed by atoms with E-state index in [1.54, 1.807) is 6.07 Å². The molecule has 0 unspecified atom stereocenters. The van der Waals surface area contributed by atoms with Crippen LogP contribution in [-0.4, -0.2) is 15.1 Å². The van der Waals surface area contributed by atoms with Gasteiger partial charge in [-0.15, -0.1) is 0 Å². The van der Waals surface area contributed by atoms with Crippen LogP contribution >= 0.6 is 0 Å². The molecule has 2 aromatic rings. The molecule has 0 saturated carbocycles. The van der Waals surface area contributed by atoms with Crippen LogP contribution in [0.3, 0.4) is 0 Å². The van der Waals surface area contributed by atoms with E-state index in [1.165, 1.54) is 12.1 Å². The van der Waals surface area contributed by atoms with Crippen LogP contribution < -0.4 is 5.73 Å². The summed E-state index contributed by atoms with van der Waals surface area (Å²) in [6, 6.07) is 4.99. The Morgan fingerprint density at radius 1 is 1.20 bits per heavy atom. The van der Waals surface area contributed by atoms with E-state index in [4.69, 9.17) is 5.73 Å². The Labute approximate surface area is 120 Å². The fourth-order valence-electron chi connectivity index (χ4n) is 2.32. The van der Waals surface area contributed by atoms with E-state index in [2.05, 4.69) is 37.2 Å². The van der Waals surface area contributed by atoms with Crippen LogP contribution in [-0.2, 0) is 5.41 Å². The van der Waals surface area contributed by atoms with E-state index in [0.717, 1.165) is 11.3 Å². The molecule has 1 aromatic carbocycles. The van der Waals surface area contributed by atoms with Crippen molar-refractivity contribution < 1.29 is 4.39 Å². The van der Waals surface area contributed by atoms with E-state index in [-0.39, 0.29) is 17.3 Å². The van der Waals surface area contributed by atoms with Gasteiger partial charge in [0.05, 0.1) is 11.0 Å². The normalized spacial score (nSPS) is 13.4.